The van der Waals surface area contributed by atoms with Gasteiger partial charge in [0.15, 0.2) is 0 Å². The highest BCUT2D eigenvalue weighted by atomic mass is 32.3. The molecule has 3 nitrogen and oxygen atoms in total. The van der Waals surface area contributed by atoms with E-state index in [1.54, 1.807) is 0 Å². The van der Waals surface area contributed by atoms with E-state index in [2.05, 4.69) is 4.74 Å². The smallest absolute Gasteiger partial charge is 0.306 e. The van der Waals surface area contributed by atoms with Crippen LogP contribution in [-0.4, -0.2) is 30.3 Å². The van der Waals surface area contributed by atoms with Gasteiger partial charge in [0.1, 0.15) is 0 Å². The number of carbonyl (C=O) groups is 1. The molecule has 72 valence electrons. The first-order valence-electron chi connectivity index (χ1n) is 4.27. The predicted octanol–water partition coefficient (Wildman–Crippen LogP) is 1.02. The van der Waals surface area contributed by atoms with Gasteiger partial charge in [-0.05, 0) is 30.1 Å². The monoisotopic (exact) mass is 191 g/mol. The van der Waals surface area contributed by atoms with E-state index in [4.69, 9.17) is 5.14 Å². The summed E-state index contributed by atoms with van der Waals surface area (Å²) in [6.45, 7) is 0. The Morgan fingerprint density at radius 3 is 2.58 bits per heavy atom. The summed E-state index contributed by atoms with van der Waals surface area (Å²) in [5, 5.41) is 6.14. The Bertz CT molecular complexity index is 166. The number of hydrogen-bond acceptors (Lipinski definition) is 3. The van der Waals surface area contributed by atoms with Crippen molar-refractivity contribution < 1.29 is 9.53 Å². The van der Waals surface area contributed by atoms with Crippen molar-refractivity contribution in [1.82, 2.24) is 0 Å². The third-order valence-electron chi connectivity index (χ3n) is 2.29. The van der Waals surface area contributed by atoms with Gasteiger partial charge in [-0.25, -0.2) is 0 Å². The molecule has 0 saturated carbocycles. The van der Waals surface area contributed by atoms with Crippen LogP contribution in [0.4, 0.5) is 0 Å². The normalized spacial score (nSPS) is 23.5. The van der Waals surface area contributed by atoms with E-state index in [1.165, 1.54) is 20.0 Å². The van der Waals surface area contributed by atoms with Gasteiger partial charge in [-0.15, -0.1) is 0 Å². The standard InChI is InChI=1S/C8H17NO2S/c1-11-8(10)4-7-12(9)5-2-3-6-12/h2-7,9H2,1H3. The fraction of sp³-hybridized carbons (Fsp3) is 0.875. The summed E-state index contributed by atoms with van der Waals surface area (Å²) in [6.07, 6.45) is 2.99. The highest BCUT2D eigenvalue weighted by Gasteiger charge is 2.24. The molecule has 4 heteroatoms. The summed E-state index contributed by atoms with van der Waals surface area (Å²) in [4.78, 5) is 10.8. The number of esters is 1. The fourth-order valence-electron chi connectivity index (χ4n) is 1.47. The molecule has 1 aliphatic heterocycles. The first kappa shape index (κ1) is 9.86. The molecule has 0 radical (unpaired) electrons. The summed E-state index contributed by atoms with van der Waals surface area (Å²) in [6, 6.07) is 0. The van der Waals surface area contributed by atoms with E-state index in [-0.39, 0.29) is 5.97 Å². The highest BCUT2D eigenvalue weighted by molar-refractivity contribution is 8.32. The maximum absolute atomic E-state index is 10.8. The zero-order valence-corrected chi connectivity index (χ0v) is 8.36. The Kier molecular flexibility index (Phi) is 3.40. The molecule has 0 atom stereocenters. The Balaban J connectivity index is 2.25. The largest absolute Gasteiger partial charge is 0.469 e. The first-order chi connectivity index (χ1) is 5.66. The number of hydrogen-bond donors (Lipinski definition) is 1. The molecule has 0 aromatic rings. The Morgan fingerprint density at radius 1 is 1.50 bits per heavy atom. The van der Waals surface area contributed by atoms with Crippen molar-refractivity contribution in [3.8, 4) is 0 Å². The summed E-state index contributed by atoms with van der Waals surface area (Å²) >= 11 is 0. The van der Waals surface area contributed by atoms with Gasteiger partial charge in [0.2, 0.25) is 0 Å². The fourth-order valence-corrected chi connectivity index (χ4v) is 4.22. The lowest BCUT2D eigenvalue weighted by atomic mass is 10.4. The van der Waals surface area contributed by atoms with Crippen molar-refractivity contribution in [2.45, 2.75) is 19.3 Å². The SMILES string of the molecule is COC(=O)CCS1(N)CCCC1. The van der Waals surface area contributed by atoms with Crippen molar-refractivity contribution in [2.75, 3.05) is 24.4 Å². The summed E-state index contributed by atoms with van der Waals surface area (Å²) in [5.74, 6) is 3.02. The van der Waals surface area contributed by atoms with Gasteiger partial charge in [-0.1, -0.05) is 0 Å². The second kappa shape index (κ2) is 4.14. The van der Waals surface area contributed by atoms with Crippen LogP contribution in [0.15, 0.2) is 0 Å². The van der Waals surface area contributed by atoms with Crippen LogP contribution in [0.5, 0.6) is 0 Å². The average molecular weight is 191 g/mol. The van der Waals surface area contributed by atoms with Crippen LogP contribution in [0.3, 0.4) is 0 Å². The molecule has 0 spiro atoms. The molecule has 12 heavy (non-hydrogen) atoms. The molecule has 2 N–H and O–H groups in total. The summed E-state index contributed by atoms with van der Waals surface area (Å²) in [5.41, 5.74) is 0. The lowest BCUT2D eigenvalue weighted by Gasteiger charge is -2.29. The van der Waals surface area contributed by atoms with Crippen LogP contribution in [0.2, 0.25) is 0 Å². The summed E-state index contributed by atoms with van der Waals surface area (Å²) in [7, 11) is 0.516. The molecule has 1 aliphatic rings. The lowest BCUT2D eigenvalue weighted by molar-refractivity contribution is -0.140. The third-order valence-corrected chi connectivity index (χ3v) is 5.51. The molecule has 0 unspecified atom stereocenters. The minimum Gasteiger partial charge on any atom is -0.469 e. The van der Waals surface area contributed by atoms with Gasteiger partial charge in [0.05, 0.1) is 13.5 Å². The van der Waals surface area contributed by atoms with Gasteiger partial charge in [-0.2, -0.15) is 10.2 Å². The van der Waals surface area contributed by atoms with E-state index in [1.807, 2.05) is 0 Å². The lowest BCUT2D eigenvalue weighted by Crippen LogP contribution is -2.19. The molecule has 0 aromatic carbocycles. The topological polar surface area (TPSA) is 52.3 Å². The summed E-state index contributed by atoms with van der Waals surface area (Å²) < 4.78 is 4.57. The Hall–Kier alpha value is -0.220. The molecular weight excluding hydrogens is 174 g/mol. The minimum atomic E-state index is -0.910. The van der Waals surface area contributed by atoms with Crippen molar-refractivity contribution in [1.29, 1.82) is 0 Å². The maximum atomic E-state index is 10.8. The quantitative estimate of drug-likeness (QED) is 0.678. The average Bonchev–Trinajstić information content (AvgIpc) is 2.49. The molecular formula is C8H17NO2S. The second-order valence-electron chi connectivity index (χ2n) is 3.26. The number of methoxy groups -OCH3 is 1. The van der Waals surface area contributed by atoms with Crippen molar-refractivity contribution >= 4 is 16.2 Å². The first-order valence-corrected chi connectivity index (χ1v) is 6.48. The molecule has 1 fully saturated rings. The van der Waals surface area contributed by atoms with Crippen LogP contribution >= 0.6 is 10.2 Å². The second-order valence-corrected chi connectivity index (χ2v) is 6.71. The number of carbonyl (C=O) groups excluding carboxylic acids is 1. The van der Waals surface area contributed by atoms with Crippen LogP contribution < -0.4 is 5.14 Å². The van der Waals surface area contributed by atoms with Gasteiger partial charge >= 0.3 is 5.97 Å². The van der Waals surface area contributed by atoms with Gasteiger partial charge in [-0.3, -0.25) is 9.93 Å². The van der Waals surface area contributed by atoms with E-state index in [0.717, 1.165) is 17.3 Å². The minimum absolute atomic E-state index is 0.126. The number of nitrogens with two attached hydrogens (primary N) is 1. The molecule has 1 rings (SSSR count). The molecule has 0 aliphatic carbocycles. The van der Waals surface area contributed by atoms with Gasteiger partial charge < -0.3 is 4.74 Å². The molecule has 0 bridgehead atoms. The van der Waals surface area contributed by atoms with Crippen molar-refractivity contribution in [2.24, 2.45) is 5.14 Å². The molecule has 1 heterocycles. The van der Waals surface area contributed by atoms with Crippen LogP contribution in [0.25, 0.3) is 0 Å². The van der Waals surface area contributed by atoms with Crippen LogP contribution in [0, 0.1) is 0 Å². The maximum Gasteiger partial charge on any atom is 0.306 e. The van der Waals surface area contributed by atoms with Gasteiger partial charge in [0, 0.05) is 0 Å². The van der Waals surface area contributed by atoms with E-state index < -0.39 is 10.2 Å². The van der Waals surface area contributed by atoms with Crippen LogP contribution in [0.1, 0.15) is 19.3 Å². The predicted molar refractivity (Wildman–Crippen MR) is 52.2 cm³/mol. The van der Waals surface area contributed by atoms with E-state index >= 15 is 0 Å². The molecule has 1 saturated heterocycles. The van der Waals surface area contributed by atoms with Gasteiger partial charge in [0.25, 0.3) is 0 Å². The van der Waals surface area contributed by atoms with Crippen molar-refractivity contribution in [3.05, 3.63) is 0 Å². The van der Waals surface area contributed by atoms with E-state index in [9.17, 15) is 4.79 Å². The number of ether oxygens (including phenoxy) is 1. The number of rotatable bonds is 3. The molecule has 0 aromatic heterocycles. The third kappa shape index (κ3) is 2.68. The highest BCUT2D eigenvalue weighted by Crippen LogP contribution is 2.46. The van der Waals surface area contributed by atoms with Crippen LogP contribution in [-0.2, 0) is 9.53 Å². The zero-order valence-electron chi connectivity index (χ0n) is 7.54. The molecule has 0 amide bonds. The van der Waals surface area contributed by atoms with E-state index in [0.29, 0.717) is 6.42 Å². The Labute approximate surface area is 75.1 Å². The Morgan fingerprint density at radius 2 is 2.08 bits per heavy atom. The van der Waals surface area contributed by atoms with Crippen molar-refractivity contribution in [3.63, 3.8) is 0 Å². The zero-order chi connectivity index (χ0) is 9.03.